The first-order valence-corrected chi connectivity index (χ1v) is 6.96. The smallest absolute Gasteiger partial charge is 0.222 e. The monoisotopic (exact) mass is 261 g/mol. The van der Waals surface area contributed by atoms with Crippen molar-refractivity contribution in [3.63, 3.8) is 0 Å². The van der Waals surface area contributed by atoms with Crippen LogP contribution in [0.25, 0.3) is 0 Å². The van der Waals surface area contributed by atoms with Crippen molar-refractivity contribution in [1.82, 2.24) is 5.32 Å². The van der Waals surface area contributed by atoms with Crippen molar-refractivity contribution < 1.29 is 4.79 Å². The summed E-state index contributed by atoms with van der Waals surface area (Å²) in [5.41, 5.74) is 9.19. The second kappa shape index (κ2) is 6.06. The van der Waals surface area contributed by atoms with Crippen LogP contribution in [-0.2, 0) is 11.3 Å². The maximum atomic E-state index is 11.2. The number of nitrogens with zero attached hydrogens (tertiary/aromatic N) is 1. The van der Waals surface area contributed by atoms with Gasteiger partial charge in [-0.3, -0.25) is 4.79 Å². The van der Waals surface area contributed by atoms with Crippen LogP contribution in [0, 0.1) is 12.8 Å². The standard InChI is InChI=1S/C15H23N3O/c1-3-17-9-12-4-5-14(8-11(12)2)18-7-6-13(10-18)15(16)19/h4-5,8,13,17H,3,6-7,9-10H2,1-2H3,(H2,16,19). The third-order valence-electron chi connectivity index (χ3n) is 3.85. The molecule has 1 aliphatic heterocycles. The van der Waals surface area contributed by atoms with Gasteiger partial charge in [0.25, 0.3) is 0 Å². The molecule has 0 aliphatic carbocycles. The van der Waals surface area contributed by atoms with E-state index in [0.29, 0.717) is 0 Å². The molecule has 3 N–H and O–H groups in total. The average molecular weight is 261 g/mol. The number of carbonyl (C=O) groups is 1. The van der Waals surface area contributed by atoms with Crippen LogP contribution in [0.3, 0.4) is 0 Å². The van der Waals surface area contributed by atoms with Crippen LogP contribution in [0.1, 0.15) is 24.5 Å². The van der Waals surface area contributed by atoms with E-state index in [1.807, 2.05) is 0 Å². The lowest BCUT2D eigenvalue weighted by molar-refractivity contribution is -0.121. The fraction of sp³-hybridized carbons (Fsp3) is 0.533. The van der Waals surface area contributed by atoms with Gasteiger partial charge in [-0.2, -0.15) is 0 Å². The summed E-state index contributed by atoms with van der Waals surface area (Å²) in [7, 11) is 0. The third kappa shape index (κ3) is 3.26. The molecule has 0 saturated carbocycles. The molecule has 4 heteroatoms. The number of nitrogens with two attached hydrogens (primary N) is 1. The van der Waals surface area contributed by atoms with E-state index in [0.717, 1.165) is 32.6 Å². The molecule has 0 bridgehead atoms. The van der Waals surface area contributed by atoms with Gasteiger partial charge in [0.1, 0.15) is 0 Å². The van der Waals surface area contributed by atoms with Crippen LogP contribution in [0.15, 0.2) is 18.2 Å². The normalized spacial score (nSPS) is 18.8. The zero-order chi connectivity index (χ0) is 13.8. The molecule has 1 amide bonds. The summed E-state index contributed by atoms with van der Waals surface area (Å²) in [6, 6.07) is 6.52. The Balaban J connectivity index is 2.06. The fourth-order valence-corrected chi connectivity index (χ4v) is 2.56. The molecule has 1 aromatic rings. The molecule has 1 atom stereocenters. The minimum atomic E-state index is -0.178. The number of aryl methyl sites for hydroxylation is 1. The molecule has 0 aromatic heterocycles. The van der Waals surface area contributed by atoms with Crippen LogP contribution < -0.4 is 16.0 Å². The molecule has 0 radical (unpaired) electrons. The summed E-state index contributed by atoms with van der Waals surface area (Å²) in [6.07, 6.45) is 0.869. The van der Waals surface area contributed by atoms with Gasteiger partial charge < -0.3 is 16.0 Å². The molecule has 4 nitrogen and oxygen atoms in total. The first-order chi connectivity index (χ1) is 9.11. The number of amides is 1. The quantitative estimate of drug-likeness (QED) is 0.842. The first kappa shape index (κ1) is 13.9. The second-order valence-corrected chi connectivity index (χ2v) is 5.23. The fourth-order valence-electron chi connectivity index (χ4n) is 2.56. The highest BCUT2D eigenvalue weighted by atomic mass is 16.1. The minimum Gasteiger partial charge on any atom is -0.371 e. The molecule has 1 aromatic carbocycles. The highest BCUT2D eigenvalue weighted by molar-refractivity contribution is 5.78. The van der Waals surface area contributed by atoms with Gasteiger partial charge >= 0.3 is 0 Å². The highest BCUT2D eigenvalue weighted by Gasteiger charge is 2.26. The van der Waals surface area contributed by atoms with E-state index in [9.17, 15) is 4.79 Å². The third-order valence-corrected chi connectivity index (χ3v) is 3.85. The van der Waals surface area contributed by atoms with Gasteiger partial charge in [-0.1, -0.05) is 13.0 Å². The Morgan fingerprint density at radius 1 is 1.53 bits per heavy atom. The van der Waals surface area contributed by atoms with Crippen molar-refractivity contribution in [2.24, 2.45) is 11.7 Å². The predicted molar refractivity (Wildman–Crippen MR) is 78.1 cm³/mol. The van der Waals surface area contributed by atoms with Crippen LogP contribution >= 0.6 is 0 Å². The Kier molecular flexibility index (Phi) is 4.43. The van der Waals surface area contributed by atoms with E-state index in [2.05, 4.69) is 42.3 Å². The van der Waals surface area contributed by atoms with Gasteiger partial charge in [0.05, 0.1) is 5.92 Å². The highest BCUT2D eigenvalue weighted by Crippen LogP contribution is 2.25. The van der Waals surface area contributed by atoms with E-state index in [-0.39, 0.29) is 11.8 Å². The molecular formula is C15H23N3O. The Bertz CT molecular complexity index is 459. The van der Waals surface area contributed by atoms with E-state index in [1.165, 1.54) is 16.8 Å². The van der Waals surface area contributed by atoms with E-state index in [1.54, 1.807) is 0 Å². The minimum absolute atomic E-state index is 0.00161. The summed E-state index contributed by atoms with van der Waals surface area (Å²) in [6.45, 7) is 7.80. The molecular weight excluding hydrogens is 238 g/mol. The number of rotatable bonds is 5. The molecule has 2 rings (SSSR count). The Morgan fingerprint density at radius 3 is 2.89 bits per heavy atom. The van der Waals surface area contributed by atoms with Crippen molar-refractivity contribution >= 4 is 11.6 Å². The summed E-state index contributed by atoms with van der Waals surface area (Å²) < 4.78 is 0. The summed E-state index contributed by atoms with van der Waals surface area (Å²) in [5, 5.41) is 3.34. The van der Waals surface area contributed by atoms with Gasteiger partial charge in [0.2, 0.25) is 5.91 Å². The zero-order valence-electron chi connectivity index (χ0n) is 11.8. The molecule has 1 fully saturated rings. The maximum Gasteiger partial charge on any atom is 0.222 e. The van der Waals surface area contributed by atoms with Crippen molar-refractivity contribution in [1.29, 1.82) is 0 Å². The van der Waals surface area contributed by atoms with Crippen LogP contribution in [0.5, 0.6) is 0 Å². The van der Waals surface area contributed by atoms with Gasteiger partial charge in [-0.25, -0.2) is 0 Å². The van der Waals surface area contributed by atoms with E-state index < -0.39 is 0 Å². The average Bonchev–Trinajstić information content (AvgIpc) is 2.87. The Hall–Kier alpha value is -1.55. The van der Waals surface area contributed by atoms with Crippen LogP contribution in [0.2, 0.25) is 0 Å². The van der Waals surface area contributed by atoms with E-state index >= 15 is 0 Å². The molecule has 1 aliphatic rings. The first-order valence-electron chi connectivity index (χ1n) is 6.96. The number of hydrogen-bond donors (Lipinski definition) is 2. The Morgan fingerprint density at radius 2 is 2.32 bits per heavy atom. The van der Waals surface area contributed by atoms with Crippen molar-refractivity contribution in [3.05, 3.63) is 29.3 Å². The van der Waals surface area contributed by atoms with Gasteiger partial charge in [-0.05, 0) is 43.1 Å². The number of anilines is 1. The summed E-state index contributed by atoms with van der Waals surface area (Å²) in [4.78, 5) is 13.5. The number of hydrogen-bond acceptors (Lipinski definition) is 3. The summed E-state index contributed by atoms with van der Waals surface area (Å²) >= 11 is 0. The maximum absolute atomic E-state index is 11.2. The SMILES string of the molecule is CCNCc1ccc(N2CCC(C(N)=O)C2)cc1C. The number of benzene rings is 1. The van der Waals surface area contributed by atoms with Gasteiger partial charge in [-0.15, -0.1) is 0 Å². The van der Waals surface area contributed by atoms with Gasteiger partial charge in [0, 0.05) is 25.3 Å². The lowest BCUT2D eigenvalue weighted by Crippen LogP contribution is -2.27. The van der Waals surface area contributed by atoms with E-state index in [4.69, 9.17) is 5.73 Å². The molecule has 1 heterocycles. The Labute approximate surface area is 115 Å². The van der Waals surface area contributed by atoms with Crippen molar-refractivity contribution in [2.45, 2.75) is 26.8 Å². The second-order valence-electron chi connectivity index (χ2n) is 5.23. The number of primary amides is 1. The molecule has 1 unspecified atom stereocenters. The molecule has 104 valence electrons. The molecule has 19 heavy (non-hydrogen) atoms. The summed E-state index contributed by atoms with van der Waals surface area (Å²) in [5.74, 6) is -0.176. The van der Waals surface area contributed by atoms with Crippen molar-refractivity contribution in [2.75, 3.05) is 24.5 Å². The lowest BCUT2D eigenvalue weighted by Gasteiger charge is -2.20. The van der Waals surface area contributed by atoms with Gasteiger partial charge in [0.15, 0.2) is 0 Å². The van der Waals surface area contributed by atoms with Crippen LogP contribution in [-0.4, -0.2) is 25.5 Å². The number of nitrogens with one attached hydrogen (secondary N) is 1. The topological polar surface area (TPSA) is 58.4 Å². The van der Waals surface area contributed by atoms with Crippen molar-refractivity contribution in [3.8, 4) is 0 Å². The number of carbonyl (C=O) groups excluding carboxylic acids is 1. The molecule has 1 saturated heterocycles. The molecule has 0 spiro atoms. The zero-order valence-corrected chi connectivity index (χ0v) is 11.8. The largest absolute Gasteiger partial charge is 0.371 e. The van der Waals surface area contributed by atoms with Crippen LogP contribution in [0.4, 0.5) is 5.69 Å². The predicted octanol–water partition coefficient (Wildman–Crippen LogP) is 1.42. The lowest BCUT2D eigenvalue weighted by atomic mass is 10.1.